The number of likely N-dealkylation sites (N-methyl/N-ethyl adjacent to an activating group) is 1. The number of rotatable bonds is 5. The molecule has 0 aliphatic carbocycles. The minimum Gasteiger partial charge on any atom is -0.496 e. The molecule has 0 amide bonds. The average molecular weight is 273 g/mol. The summed E-state index contributed by atoms with van der Waals surface area (Å²) in [6.07, 6.45) is 0.903. The summed E-state index contributed by atoms with van der Waals surface area (Å²) in [6.45, 7) is 4.08. The molecule has 1 N–H and O–H groups in total. The minimum atomic E-state index is 0.249. The molecule has 0 saturated carbocycles. The van der Waals surface area contributed by atoms with Gasteiger partial charge in [0.05, 0.1) is 12.8 Å². The Morgan fingerprint density at radius 1 is 1.30 bits per heavy atom. The number of aryl methyl sites for hydroxylation is 3. The van der Waals surface area contributed by atoms with Crippen LogP contribution in [-0.4, -0.2) is 23.9 Å². The van der Waals surface area contributed by atoms with Crippen molar-refractivity contribution in [1.82, 2.24) is 15.1 Å². The third-order valence-electron chi connectivity index (χ3n) is 3.70. The van der Waals surface area contributed by atoms with E-state index in [1.165, 1.54) is 11.3 Å². The van der Waals surface area contributed by atoms with Crippen LogP contribution in [0.15, 0.2) is 24.3 Å². The van der Waals surface area contributed by atoms with Crippen LogP contribution in [0.3, 0.4) is 0 Å². The van der Waals surface area contributed by atoms with Crippen LogP contribution >= 0.6 is 0 Å². The van der Waals surface area contributed by atoms with E-state index >= 15 is 0 Å². The molecule has 0 aliphatic heterocycles. The van der Waals surface area contributed by atoms with Gasteiger partial charge in [-0.2, -0.15) is 5.10 Å². The van der Waals surface area contributed by atoms with E-state index in [1.54, 1.807) is 7.11 Å². The van der Waals surface area contributed by atoms with E-state index in [4.69, 9.17) is 4.74 Å². The highest BCUT2D eigenvalue weighted by molar-refractivity contribution is 5.38. The molecule has 1 heterocycles. The molecule has 0 radical (unpaired) electrons. The van der Waals surface area contributed by atoms with E-state index in [2.05, 4.69) is 41.6 Å². The molecule has 20 heavy (non-hydrogen) atoms. The van der Waals surface area contributed by atoms with Gasteiger partial charge in [-0.1, -0.05) is 12.1 Å². The zero-order valence-corrected chi connectivity index (χ0v) is 12.9. The summed E-state index contributed by atoms with van der Waals surface area (Å²) >= 11 is 0. The first-order valence-electron chi connectivity index (χ1n) is 6.86. The van der Waals surface area contributed by atoms with Crippen molar-refractivity contribution in [3.8, 4) is 5.75 Å². The number of ether oxygens (including phenoxy) is 1. The molecule has 2 aromatic rings. The predicted molar refractivity (Wildman–Crippen MR) is 81.2 cm³/mol. The smallest absolute Gasteiger partial charge is 0.122 e. The minimum absolute atomic E-state index is 0.249. The largest absolute Gasteiger partial charge is 0.496 e. The first-order chi connectivity index (χ1) is 9.55. The first-order valence-corrected chi connectivity index (χ1v) is 6.86. The fourth-order valence-corrected chi connectivity index (χ4v) is 2.50. The predicted octanol–water partition coefficient (Wildman–Crippen LogP) is 2.55. The van der Waals surface area contributed by atoms with Gasteiger partial charge in [0.15, 0.2) is 0 Å². The number of hydrogen-bond acceptors (Lipinski definition) is 3. The Labute approximate surface area is 120 Å². The van der Waals surface area contributed by atoms with Crippen molar-refractivity contribution < 1.29 is 4.74 Å². The molecular weight excluding hydrogens is 250 g/mol. The fourth-order valence-electron chi connectivity index (χ4n) is 2.50. The molecule has 1 unspecified atom stereocenters. The number of aromatic nitrogens is 2. The number of nitrogens with zero attached hydrogens (tertiary/aromatic N) is 2. The second-order valence-corrected chi connectivity index (χ2v) is 5.18. The van der Waals surface area contributed by atoms with Crippen molar-refractivity contribution in [2.24, 2.45) is 7.05 Å². The second-order valence-electron chi connectivity index (χ2n) is 5.18. The summed E-state index contributed by atoms with van der Waals surface area (Å²) in [7, 11) is 5.69. The quantitative estimate of drug-likeness (QED) is 0.910. The van der Waals surface area contributed by atoms with Crippen LogP contribution in [0.4, 0.5) is 0 Å². The molecule has 1 aromatic carbocycles. The SMILES string of the molecule is CNC(Cc1cc(C)nn1C)c1ccc(C)c(OC)c1. The summed E-state index contributed by atoms with van der Waals surface area (Å²) in [5.41, 5.74) is 4.66. The Morgan fingerprint density at radius 2 is 2.05 bits per heavy atom. The highest BCUT2D eigenvalue weighted by Crippen LogP contribution is 2.25. The molecule has 0 fully saturated rings. The van der Waals surface area contributed by atoms with E-state index in [9.17, 15) is 0 Å². The summed E-state index contributed by atoms with van der Waals surface area (Å²) in [5.74, 6) is 0.934. The van der Waals surface area contributed by atoms with Crippen LogP contribution in [0.25, 0.3) is 0 Å². The van der Waals surface area contributed by atoms with Crippen molar-refractivity contribution in [3.05, 3.63) is 46.8 Å². The summed E-state index contributed by atoms with van der Waals surface area (Å²) in [4.78, 5) is 0. The molecule has 0 bridgehead atoms. The van der Waals surface area contributed by atoms with Crippen LogP contribution < -0.4 is 10.1 Å². The van der Waals surface area contributed by atoms with Crippen LogP contribution in [-0.2, 0) is 13.5 Å². The monoisotopic (exact) mass is 273 g/mol. The van der Waals surface area contributed by atoms with E-state index in [0.717, 1.165) is 23.4 Å². The molecule has 0 saturated heterocycles. The number of hydrogen-bond donors (Lipinski definition) is 1. The molecule has 0 aliphatic rings. The molecule has 2 rings (SSSR count). The van der Waals surface area contributed by atoms with Crippen LogP contribution in [0.2, 0.25) is 0 Å². The first kappa shape index (κ1) is 14.6. The zero-order valence-electron chi connectivity index (χ0n) is 12.9. The molecule has 4 nitrogen and oxygen atoms in total. The molecule has 0 spiro atoms. The number of benzene rings is 1. The van der Waals surface area contributed by atoms with Gasteiger partial charge in [0.1, 0.15) is 5.75 Å². The Morgan fingerprint density at radius 3 is 2.60 bits per heavy atom. The van der Waals surface area contributed by atoms with Crippen molar-refractivity contribution in [2.75, 3.05) is 14.2 Å². The maximum absolute atomic E-state index is 5.41. The lowest BCUT2D eigenvalue weighted by molar-refractivity contribution is 0.410. The number of nitrogens with one attached hydrogen (secondary N) is 1. The topological polar surface area (TPSA) is 39.1 Å². The summed E-state index contributed by atoms with van der Waals surface area (Å²) in [6, 6.07) is 8.75. The van der Waals surface area contributed by atoms with Crippen molar-refractivity contribution in [2.45, 2.75) is 26.3 Å². The second kappa shape index (κ2) is 6.09. The standard InChI is InChI=1S/C16H23N3O/c1-11-6-7-13(9-16(11)20-5)15(17-3)10-14-8-12(2)18-19(14)4/h6-9,15,17H,10H2,1-5H3. The average Bonchev–Trinajstić information content (AvgIpc) is 2.75. The maximum atomic E-state index is 5.41. The van der Waals surface area contributed by atoms with Crippen LogP contribution in [0.1, 0.15) is 28.6 Å². The molecule has 4 heteroatoms. The maximum Gasteiger partial charge on any atom is 0.122 e. The fraction of sp³-hybridized carbons (Fsp3) is 0.438. The van der Waals surface area contributed by atoms with Gasteiger partial charge in [-0.25, -0.2) is 0 Å². The van der Waals surface area contributed by atoms with Crippen molar-refractivity contribution in [3.63, 3.8) is 0 Å². The van der Waals surface area contributed by atoms with E-state index < -0.39 is 0 Å². The molecule has 1 aromatic heterocycles. The summed E-state index contributed by atoms with van der Waals surface area (Å²) < 4.78 is 7.36. The molecule has 108 valence electrons. The Hall–Kier alpha value is -1.81. The van der Waals surface area contributed by atoms with E-state index in [1.807, 2.05) is 25.7 Å². The molecular formula is C16H23N3O. The zero-order chi connectivity index (χ0) is 14.7. The van der Waals surface area contributed by atoms with Gasteiger partial charge >= 0.3 is 0 Å². The normalized spacial score (nSPS) is 12.4. The lowest BCUT2D eigenvalue weighted by Gasteiger charge is -2.18. The van der Waals surface area contributed by atoms with E-state index in [-0.39, 0.29) is 6.04 Å². The van der Waals surface area contributed by atoms with Gasteiger partial charge in [0.25, 0.3) is 0 Å². The third kappa shape index (κ3) is 3.02. The Bertz CT molecular complexity index is 589. The Kier molecular flexibility index (Phi) is 4.45. The van der Waals surface area contributed by atoms with Gasteiger partial charge in [-0.3, -0.25) is 4.68 Å². The number of methoxy groups -OCH3 is 1. The molecule has 1 atom stereocenters. The highest BCUT2D eigenvalue weighted by Gasteiger charge is 2.14. The summed E-state index contributed by atoms with van der Waals surface area (Å²) in [5, 5.41) is 7.78. The van der Waals surface area contributed by atoms with Gasteiger partial charge in [0, 0.05) is 25.2 Å². The van der Waals surface area contributed by atoms with Gasteiger partial charge < -0.3 is 10.1 Å². The van der Waals surface area contributed by atoms with Gasteiger partial charge in [-0.15, -0.1) is 0 Å². The lowest BCUT2D eigenvalue weighted by Crippen LogP contribution is -2.20. The van der Waals surface area contributed by atoms with Crippen molar-refractivity contribution in [1.29, 1.82) is 0 Å². The van der Waals surface area contributed by atoms with E-state index in [0.29, 0.717) is 0 Å². The third-order valence-corrected chi connectivity index (χ3v) is 3.70. The van der Waals surface area contributed by atoms with Crippen LogP contribution in [0.5, 0.6) is 5.75 Å². The van der Waals surface area contributed by atoms with Crippen molar-refractivity contribution >= 4 is 0 Å². The van der Waals surface area contributed by atoms with Gasteiger partial charge in [-0.05, 0) is 44.2 Å². The van der Waals surface area contributed by atoms with Gasteiger partial charge in [0.2, 0.25) is 0 Å². The Balaban J connectivity index is 2.26. The van der Waals surface area contributed by atoms with Crippen LogP contribution in [0, 0.1) is 13.8 Å². The lowest BCUT2D eigenvalue weighted by atomic mass is 10.00. The highest BCUT2D eigenvalue weighted by atomic mass is 16.5.